The Kier molecular flexibility index (Phi) is 7.60. The Morgan fingerprint density at radius 2 is 1.60 bits per heavy atom. The predicted octanol–water partition coefficient (Wildman–Crippen LogP) is 2.69. The molecule has 0 saturated heterocycles. The van der Waals surface area contributed by atoms with E-state index in [1.54, 1.807) is 0 Å². The van der Waals surface area contributed by atoms with Crippen LogP contribution in [0.5, 0.6) is 0 Å². The number of aromatic nitrogens is 3. The monoisotopic (exact) mass is 357 g/mol. The fourth-order valence-corrected chi connectivity index (χ4v) is 2.69. The highest BCUT2D eigenvalue weighted by molar-refractivity contribution is 5.85. The predicted molar refractivity (Wildman–Crippen MR) is 103 cm³/mol. The molecule has 0 bridgehead atoms. The third-order valence-corrected chi connectivity index (χ3v) is 3.95. The van der Waals surface area contributed by atoms with Crippen LogP contribution in [-0.2, 0) is 13.0 Å². The highest BCUT2D eigenvalue weighted by Gasteiger charge is 2.09. The molecule has 5 nitrogen and oxygen atoms in total. The summed E-state index contributed by atoms with van der Waals surface area (Å²) < 4.78 is 1.81. The Hall–Kier alpha value is -2.21. The summed E-state index contributed by atoms with van der Waals surface area (Å²) in [5.41, 5.74) is 9.08. The van der Waals surface area contributed by atoms with Crippen molar-refractivity contribution < 1.29 is 0 Å². The van der Waals surface area contributed by atoms with Crippen molar-refractivity contribution in [2.24, 2.45) is 5.73 Å². The summed E-state index contributed by atoms with van der Waals surface area (Å²) in [7, 11) is 0. The van der Waals surface area contributed by atoms with Crippen molar-refractivity contribution in [3.8, 4) is 5.69 Å². The zero-order chi connectivity index (χ0) is 16.6. The van der Waals surface area contributed by atoms with Gasteiger partial charge in [0, 0.05) is 26.2 Å². The highest BCUT2D eigenvalue weighted by Crippen LogP contribution is 2.08. The van der Waals surface area contributed by atoms with E-state index >= 15 is 0 Å². The van der Waals surface area contributed by atoms with Gasteiger partial charge in [-0.15, -0.1) is 17.5 Å². The average molecular weight is 358 g/mol. The van der Waals surface area contributed by atoms with Gasteiger partial charge in [-0.25, -0.2) is 4.68 Å². The molecule has 0 unspecified atom stereocenters. The summed E-state index contributed by atoms with van der Waals surface area (Å²) in [5.74, 6) is 0. The van der Waals surface area contributed by atoms with Gasteiger partial charge in [0.2, 0.25) is 0 Å². The van der Waals surface area contributed by atoms with Crippen LogP contribution in [0.3, 0.4) is 0 Å². The number of halogens is 1. The first-order chi connectivity index (χ1) is 11.8. The summed E-state index contributed by atoms with van der Waals surface area (Å²) in [6.07, 6.45) is 3.00. The van der Waals surface area contributed by atoms with E-state index in [4.69, 9.17) is 5.73 Å². The first-order valence-corrected chi connectivity index (χ1v) is 8.28. The van der Waals surface area contributed by atoms with Crippen molar-refractivity contribution in [2.45, 2.75) is 13.0 Å². The summed E-state index contributed by atoms with van der Waals surface area (Å²) in [6.45, 7) is 3.21. The van der Waals surface area contributed by atoms with Crippen molar-refractivity contribution in [2.75, 3.05) is 19.6 Å². The lowest BCUT2D eigenvalue weighted by molar-refractivity contribution is 0.273. The Bertz CT molecular complexity index is 730. The minimum atomic E-state index is 0. The van der Waals surface area contributed by atoms with Crippen LogP contribution in [0, 0.1) is 0 Å². The van der Waals surface area contributed by atoms with E-state index in [1.807, 2.05) is 47.3 Å². The van der Waals surface area contributed by atoms with E-state index in [0.717, 1.165) is 37.4 Å². The second-order valence-electron chi connectivity index (χ2n) is 5.79. The summed E-state index contributed by atoms with van der Waals surface area (Å²) in [4.78, 5) is 2.33. The van der Waals surface area contributed by atoms with Crippen molar-refractivity contribution in [1.29, 1.82) is 0 Å². The number of hydrogen-bond acceptors (Lipinski definition) is 4. The molecular weight excluding hydrogens is 334 g/mol. The van der Waals surface area contributed by atoms with E-state index in [2.05, 4.69) is 39.5 Å². The molecule has 2 N–H and O–H groups in total. The van der Waals surface area contributed by atoms with Gasteiger partial charge in [-0.2, -0.15) is 0 Å². The highest BCUT2D eigenvalue weighted by atomic mass is 35.5. The largest absolute Gasteiger partial charge is 0.329 e. The smallest absolute Gasteiger partial charge is 0.0971 e. The van der Waals surface area contributed by atoms with E-state index in [9.17, 15) is 0 Å². The zero-order valence-electron chi connectivity index (χ0n) is 14.2. The van der Waals surface area contributed by atoms with Gasteiger partial charge >= 0.3 is 0 Å². The number of hydrogen-bond donors (Lipinski definition) is 1. The van der Waals surface area contributed by atoms with E-state index in [-0.39, 0.29) is 12.4 Å². The third-order valence-electron chi connectivity index (χ3n) is 3.95. The van der Waals surface area contributed by atoms with E-state index in [0.29, 0.717) is 6.54 Å². The first-order valence-electron chi connectivity index (χ1n) is 8.28. The van der Waals surface area contributed by atoms with Crippen molar-refractivity contribution in [3.63, 3.8) is 0 Å². The Labute approximate surface area is 154 Å². The second-order valence-corrected chi connectivity index (χ2v) is 5.79. The number of nitrogens with two attached hydrogens (primary N) is 1. The normalized spacial score (nSPS) is 10.6. The lowest BCUT2D eigenvalue weighted by Crippen LogP contribution is -2.31. The molecule has 6 heteroatoms. The molecule has 0 aliphatic heterocycles. The standard InChI is InChI=1S/C19H23N5.ClH/c20-12-14-23(13-11-17-7-3-1-4-8-17)15-18-16-24(22-21-18)19-9-5-2-6-10-19;/h1-10,16H,11-15,20H2;1H. The molecule has 2 aromatic carbocycles. The average Bonchev–Trinajstić information content (AvgIpc) is 3.10. The van der Waals surface area contributed by atoms with Crippen LogP contribution in [0.4, 0.5) is 0 Å². The van der Waals surface area contributed by atoms with Crippen molar-refractivity contribution in [3.05, 3.63) is 78.1 Å². The molecule has 0 aliphatic rings. The molecule has 0 radical (unpaired) electrons. The quantitative estimate of drug-likeness (QED) is 0.673. The Morgan fingerprint density at radius 1 is 0.920 bits per heavy atom. The third kappa shape index (κ3) is 5.67. The molecule has 0 atom stereocenters. The molecule has 0 amide bonds. The van der Waals surface area contributed by atoms with Gasteiger partial charge in [-0.05, 0) is 24.1 Å². The molecular formula is C19H24ClN5. The molecule has 0 spiro atoms. The van der Waals surface area contributed by atoms with Gasteiger partial charge in [0.25, 0.3) is 0 Å². The molecule has 0 aliphatic carbocycles. The topological polar surface area (TPSA) is 60.0 Å². The summed E-state index contributed by atoms with van der Waals surface area (Å²) in [6, 6.07) is 20.5. The zero-order valence-corrected chi connectivity index (χ0v) is 15.0. The lowest BCUT2D eigenvalue weighted by atomic mass is 10.1. The lowest BCUT2D eigenvalue weighted by Gasteiger charge is -2.20. The maximum Gasteiger partial charge on any atom is 0.0971 e. The molecule has 1 aromatic heterocycles. The molecule has 132 valence electrons. The molecule has 0 fully saturated rings. The van der Waals surface area contributed by atoms with Crippen LogP contribution in [0.15, 0.2) is 66.9 Å². The van der Waals surface area contributed by atoms with Crippen LogP contribution < -0.4 is 5.73 Å². The summed E-state index contributed by atoms with van der Waals surface area (Å²) >= 11 is 0. The van der Waals surface area contributed by atoms with Gasteiger partial charge in [-0.3, -0.25) is 4.90 Å². The van der Waals surface area contributed by atoms with Crippen LogP contribution in [0.2, 0.25) is 0 Å². The summed E-state index contributed by atoms with van der Waals surface area (Å²) in [5, 5.41) is 8.53. The molecule has 0 saturated carbocycles. The number of para-hydroxylation sites is 1. The maximum absolute atomic E-state index is 5.77. The first kappa shape index (κ1) is 19.1. The molecule has 25 heavy (non-hydrogen) atoms. The maximum atomic E-state index is 5.77. The van der Waals surface area contributed by atoms with Gasteiger partial charge < -0.3 is 5.73 Å². The van der Waals surface area contributed by atoms with Gasteiger partial charge in [-0.1, -0.05) is 53.7 Å². The van der Waals surface area contributed by atoms with Gasteiger partial charge in [0.1, 0.15) is 0 Å². The molecule has 3 rings (SSSR count). The van der Waals surface area contributed by atoms with Crippen LogP contribution in [0.1, 0.15) is 11.3 Å². The van der Waals surface area contributed by atoms with Crippen LogP contribution in [-0.4, -0.2) is 39.5 Å². The van der Waals surface area contributed by atoms with Crippen molar-refractivity contribution >= 4 is 12.4 Å². The van der Waals surface area contributed by atoms with Crippen molar-refractivity contribution in [1.82, 2.24) is 19.9 Å². The number of benzene rings is 2. The SMILES string of the molecule is Cl.NCCN(CCc1ccccc1)Cc1cn(-c2ccccc2)nn1. The minimum Gasteiger partial charge on any atom is -0.329 e. The second kappa shape index (κ2) is 9.93. The molecule has 3 aromatic rings. The number of nitrogens with zero attached hydrogens (tertiary/aromatic N) is 4. The van der Waals surface area contributed by atoms with Gasteiger partial charge in [0.15, 0.2) is 0 Å². The molecule has 1 heterocycles. The van der Waals surface area contributed by atoms with Gasteiger partial charge in [0.05, 0.1) is 17.6 Å². The minimum absolute atomic E-state index is 0. The van der Waals surface area contributed by atoms with Crippen LogP contribution >= 0.6 is 12.4 Å². The van der Waals surface area contributed by atoms with E-state index < -0.39 is 0 Å². The van der Waals surface area contributed by atoms with E-state index in [1.165, 1.54) is 5.56 Å². The van der Waals surface area contributed by atoms with Crippen LogP contribution in [0.25, 0.3) is 5.69 Å². The Balaban J connectivity index is 0.00000225. The fourth-order valence-electron chi connectivity index (χ4n) is 2.69. The number of rotatable bonds is 8. The fraction of sp³-hybridized carbons (Fsp3) is 0.263. The Morgan fingerprint density at radius 3 is 2.28 bits per heavy atom.